The van der Waals surface area contributed by atoms with Crippen molar-refractivity contribution in [1.29, 1.82) is 0 Å². The van der Waals surface area contributed by atoms with E-state index in [4.69, 9.17) is 4.74 Å². The van der Waals surface area contributed by atoms with E-state index in [1.807, 2.05) is 36.4 Å². The number of rotatable bonds is 8. The standard InChI is InChI=1S/C26H30N4O2/c1-21(29-13-15-30(16-14-29)24-9-3-2-4-10-24)18-28-26(31)23-8-5-11-25(17-23)32-20-22-7-6-12-27-19-22/h2-12,17,19,21H,13-16,18,20H2,1H3,(H,28,31). The van der Waals surface area contributed by atoms with Crippen molar-refractivity contribution < 1.29 is 9.53 Å². The molecule has 1 N–H and O–H groups in total. The molecule has 1 aromatic heterocycles. The highest BCUT2D eigenvalue weighted by molar-refractivity contribution is 5.94. The lowest BCUT2D eigenvalue weighted by atomic mass is 10.1. The smallest absolute Gasteiger partial charge is 0.251 e. The third kappa shape index (κ3) is 5.86. The predicted octanol–water partition coefficient (Wildman–Crippen LogP) is 3.60. The van der Waals surface area contributed by atoms with Crippen molar-refractivity contribution in [3.05, 3.63) is 90.3 Å². The summed E-state index contributed by atoms with van der Waals surface area (Å²) >= 11 is 0. The van der Waals surface area contributed by atoms with Gasteiger partial charge in [0.15, 0.2) is 0 Å². The molecule has 1 atom stereocenters. The molecule has 0 saturated carbocycles. The highest BCUT2D eigenvalue weighted by Crippen LogP contribution is 2.17. The number of para-hydroxylation sites is 1. The van der Waals surface area contributed by atoms with Crippen molar-refractivity contribution in [3.8, 4) is 5.75 Å². The predicted molar refractivity (Wildman–Crippen MR) is 127 cm³/mol. The van der Waals surface area contributed by atoms with Gasteiger partial charge in [0.25, 0.3) is 5.91 Å². The Hall–Kier alpha value is -3.38. The fraction of sp³-hybridized carbons (Fsp3) is 0.308. The number of carbonyl (C=O) groups excluding carboxylic acids is 1. The average molecular weight is 431 g/mol. The van der Waals surface area contributed by atoms with Crippen molar-refractivity contribution >= 4 is 11.6 Å². The Labute approximate surface area is 189 Å². The Morgan fingerprint density at radius 3 is 2.59 bits per heavy atom. The molecule has 1 saturated heterocycles. The number of pyridine rings is 1. The Kier molecular flexibility index (Phi) is 7.35. The average Bonchev–Trinajstić information content (AvgIpc) is 2.87. The number of nitrogens with zero attached hydrogens (tertiary/aromatic N) is 3. The van der Waals surface area contributed by atoms with E-state index in [-0.39, 0.29) is 11.9 Å². The summed E-state index contributed by atoms with van der Waals surface area (Å²) in [5.41, 5.74) is 2.87. The van der Waals surface area contributed by atoms with Gasteiger partial charge in [-0.15, -0.1) is 0 Å². The maximum Gasteiger partial charge on any atom is 0.251 e. The van der Waals surface area contributed by atoms with Crippen LogP contribution in [0.4, 0.5) is 5.69 Å². The Morgan fingerprint density at radius 2 is 1.84 bits per heavy atom. The molecule has 1 aliphatic rings. The lowest BCUT2D eigenvalue weighted by Crippen LogP contribution is -2.52. The maximum atomic E-state index is 12.7. The largest absolute Gasteiger partial charge is 0.489 e. The first-order valence-corrected chi connectivity index (χ1v) is 11.1. The molecule has 6 nitrogen and oxygen atoms in total. The maximum absolute atomic E-state index is 12.7. The first-order valence-electron chi connectivity index (χ1n) is 11.1. The third-order valence-corrected chi connectivity index (χ3v) is 5.84. The Morgan fingerprint density at radius 1 is 1.03 bits per heavy atom. The number of piperazine rings is 1. The Bertz CT molecular complexity index is 989. The van der Waals surface area contributed by atoms with E-state index < -0.39 is 0 Å². The molecule has 0 aliphatic carbocycles. The van der Waals surface area contributed by atoms with Crippen molar-refractivity contribution in [2.45, 2.75) is 19.6 Å². The quantitative estimate of drug-likeness (QED) is 0.592. The minimum atomic E-state index is -0.0772. The van der Waals surface area contributed by atoms with Crippen LogP contribution in [0, 0.1) is 0 Å². The van der Waals surface area contributed by atoms with Gasteiger partial charge in [0.05, 0.1) is 0 Å². The summed E-state index contributed by atoms with van der Waals surface area (Å²) in [6, 6.07) is 22.0. The van der Waals surface area contributed by atoms with Crippen LogP contribution in [-0.2, 0) is 6.61 Å². The van der Waals surface area contributed by atoms with E-state index >= 15 is 0 Å². The highest BCUT2D eigenvalue weighted by atomic mass is 16.5. The number of anilines is 1. The van der Waals surface area contributed by atoms with Crippen molar-refractivity contribution in [1.82, 2.24) is 15.2 Å². The molecule has 3 aromatic rings. The van der Waals surface area contributed by atoms with Gasteiger partial charge < -0.3 is 15.0 Å². The van der Waals surface area contributed by atoms with Crippen LogP contribution in [0.2, 0.25) is 0 Å². The van der Waals surface area contributed by atoms with Gasteiger partial charge in [0.2, 0.25) is 0 Å². The molecule has 2 heterocycles. The second-order valence-electron chi connectivity index (χ2n) is 8.10. The van der Waals surface area contributed by atoms with E-state index in [0.717, 1.165) is 31.7 Å². The number of nitrogens with one attached hydrogen (secondary N) is 1. The van der Waals surface area contributed by atoms with E-state index in [1.165, 1.54) is 5.69 Å². The van der Waals surface area contributed by atoms with Crippen LogP contribution >= 0.6 is 0 Å². The van der Waals surface area contributed by atoms with Crippen LogP contribution in [0.1, 0.15) is 22.8 Å². The van der Waals surface area contributed by atoms with Gasteiger partial charge in [-0.05, 0) is 43.3 Å². The van der Waals surface area contributed by atoms with Gasteiger partial charge in [-0.1, -0.05) is 30.3 Å². The molecule has 6 heteroatoms. The van der Waals surface area contributed by atoms with E-state index in [0.29, 0.717) is 24.5 Å². The molecule has 1 aliphatic heterocycles. The number of benzene rings is 2. The molecular formula is C26H30N4O2. The fourth-order valence-corrected chi connectivity index (χ4v) is 3.91. The van der Waals surface area contributed by atoms with Gasteiger partial charge in [0, 0.05) is 68.0 Å². The van der Waals surface area contributed by atoms with Gasteiger partial charge in [-0.2, -0.15) is 0 Å². The van der Waals surface area contributed by atoms with Gasteiger partial charge >= 0.3 is 0 Å². The Balaban J connectivity index is 1.24. The number of hydrogen-bond donors (Lipinski definition) is 1. The monoisotopic (exact) mass is 430 g/mol. The molecular weight excluding hydrogens is 400 g/mol. The number of hydrogen-bond acceptors (Lipinski definition) is 5. The SMILES string of the molecule is CC(CNC(=O)c1cccc(OCc2cccnc2)c1)N1CCN(c2ccccc2)CC1. The van der Waals surface area contributed by atoms with Crippen molar-refractivity contribution in [2.75, 3.05) is 37.6 Å². The van der Waals surface area contributed by atoms with E-state index in [9.17, 15) is 4.79 Å². The molecule has 32 heavy (non-hydrogen) atoms. The molecule has 0 bridgehead atoms. The molecule has 1 amide bonds. The number of ether oxygens (including phenoxy) is 1. The summed E-state index contributed by atoms with van der Waals surface area (Å²) in [6.45, 7) is 7.19. The zero-order chi connectivity index (χ0) is 22.2. The van der Waals surface area contributed by atoms with Crippen molar-refractivity contribution in [3.63, 3.8) is 0 Å². The normalized spacial score (nSPS) is 15.2. The number of amides is 1. The van der Waals surface area contributed by atoms with E-state index in [2.05, 4.69) is 51.3 Å². The summed E-state index contributed by atoms with van der Waals surface area (Å²) in [5.74, 6) is 0.596. The first kappa shape index (κ1) is 21.8. The number of aromatic nitrogens is 1. The molecule has 1 fully saturated rings. The minimum Gasteiger partial charge on any atom is -0.489 e. The van der Waals surface area contributed by atoms with Crippen LogP contribution in [0.3, 0.4) is 0 Å². The number of carbonyl (C=O) groups is 1. The van der Waals surface area contributed by atoms with Crippen LogP contribution in [0.15, 0.2) is 79.1 Å². The summed E-state index contributed by atoms with van der Waals surface area (Å²) in [5, 5.41) is 3.08. The van der Waals surface area contributed by atoms with Crippen LogP contribution in [-0.4, -0.2) is 54.6 Å². The molecule has 4 rings (SSSR count). The van der Waals surface area contributed by atoms with Crippen LogP contribution in [0.25, 0.3) is 0 Å². The summed E-state index contributed by atoms with van der Waals surface area (Å²) < 4.78 is 5.82. The minimum absolute atomic E-state index is 0.0772. The topological polar surface area (TPSA) is 57.7 Å². The third-order valence-electron chi connectivity index (χ3n) is 5.84. The highest BCUT2D eigenvalue weighted by Gasteiger charge is 2.21. The zero-order valence-electron chi connectivity index (χ0n) is 18.5. The van der Waals surface area contributed by atoms with E-state index in [1.54, 1.807) is 18.5 Å². The zero-order valence-corrected chi connectivity index (χ0v) is 18.5. The lowest BCUT2D eigenvalue weighted by Gasteiger charge is -2.39. The molecule has 2 aromatic carbocycles. The molecule has 0 spiro atoms. The fourth-order valence-electron chi connectivity index (χ4n) is 3.91. The van der Waals surface area contributed by atoms with Crippen LogP contribution in [0.5, 0.6) is 5.75 Å². The van der Waals surface area contributed by atoms with Crippen molar-refractivity contribution in [2.24, 2.45) is 0 Å². The second-order valence-corrected chi connectivity index (χ2v) is 8.10. The summed E-state index contributed by atoms with van der Waals surface area (Å²) in [7, 11) is 0. The second kappa shape index (κ2) is 10.8. The van der Waals surface area contributed by atoms with Gasteiger partial charge in [0.1, 0.15) is 12.4 Å². The molecule has 166 valence electrons. The van der Waals surface area contributed by atoms with Gasteiger partial charge in [-0.25, -0.2) is 0 Å². The van der Waals surface area contributed by atoms with Gasteiger partial charge in [-0.3, -0.25) is 14.7 Å². The first-order chi connectivity index (χ1) is 15.7. The summed E-state index contributed by atoms with van der Waals surface area (Å²) in [4.78, 5) is 21.6. The van der Waals surface area contributed by atoms with Crippen LogP contribution < -0.4 is 15.0 Å². The summed E-state index contributed by atoms with van der Waals surface area (Å²) in [6.07, 6.45) is 3.51. The molecule has 0 radical (unpaired) electrons. The lowest BCUT2D eigenvalue weighted by molar-refractivity contribution is 0.0934. The molecule has 1 unspecified atom stereocenters.